The second kappa shape index (κ2) is 34.9. The van der Waals surface area contributed by atoms with Crippen LogP contribution in [0, 0.1) is 0 Å². The molecular formula is C66H78ClN7O14S2+4. The van der Waals surface area contributed by atoms with Gasteiger partial charge in [0.2, 0.25) is 5.69 Å². The molecule has 8 rings (SSSR count). The highest BCUT2D eigenvalue weighted by Gasteiger charge is 2.26. The van der Waals surface area contributed by atoms with Gasteiger partial charge in [-0.1, -0.05) is 49.7 Å². The number of hydrogen-bond donors (Lipinski definition) is 6. The number of nitrogens with one attached hydrogen (secondary N) is 1. The summed E-state index contributed by atoms with van der Waals surface area (Å²) in [6.07, 6.45) is 2.24. The van der Waals surface area contributed by atoms with Crippen molar-refractivity contribution in [1.29, 1.82) is 0 Å². The molecule has 21 nitrogen and oxygen atoms in total. The lowest BCUT2D eigenvalue weighted by atomic mass is 10.0. The number of hydrogen-bond acceptors (Lipinski definition) is 17. The van der Waals surface area contributed by atoms with E-state index in [1.807, 2.05) is 70.2 Å². The van der Waals surface area contributed by atoms with E-state index >= 15 is 0 Å². The molecule has 3 heterocycles. The third kappa shape index (κ3) is 18.2. The highest BCUT2D eigenvalue weighted by molar-refractivity contribution is 7.99. The first-order valence-electron chi connectivity index (χ1n) is 29.3. The first-order valence-corrected chi connectivity index (χ1v) is 31.6. The molecule has 0 aliphatic carbocycles. The number of benzene rings is 5. The number of carbonyl (C=O) groups is 6. The quantitative estimate of drug-likeness (QED) is 0.0107. The van der Waals surface area contributed by atoms with Gasteiger partial charge in [0.15, 0.2) is 42.4 Å². The van der Waals surface area contributed by atoms with Gasteiger partial charge in [0.25, 0.3) is 0 Å². The van der Waals surface area contributed by atoms with Crippen molar-refractivity contribution in [2.24, 2.45) is 0 Å². The Hall–Kier alpha value is -8.71. The monoisotopic (exact) mass is 1290 g/mol. The van der Waals surface area contributed by atoms with Crippen LogP contribution in [0.2, 0.25) is 5.02 Å². The molecule has 2 atom stereocenters. The molecule has 0 spiro atoms. The average molecular weight is 1290 g/mol. The lowest BCUT2D eigenvalue weighted by Crippen LogP contribution is -2.66. The minimum absolute atomic E-state index is 0.0954. The third-order valence-corrected chi connectivity index (χ3v) is 16.7. The summed E-state index contributed by atoms with van der Waals surface area (Å²) in [5.41, 5.74) is 15.5. The molecule has 0 aliphatic rings. The van der Waals surface area contributed by atoms with Gasteiger partial charge in [0.1, 0.15) is 39.1 Å². The number of rotatable bonds is 25. The Balaban J connectivity index is 0.000000231. The molecular weight excluding hydrogens is 1210 g/mol. The summed E-state index contributed by atoms with van der Waals surface area (Å²) in [5.74, 6) is -1.23. The van der Waals surface area contributed by atoms with Crippen molar-refractivity contribution in [3.8, 4) is 0 Å². The Kier molecular flexibility index (Phi) is 27.9. The molecule has 12 N–H and O–H groups in total. The van der Waals surface area contributed by atoms with E-state index in [2.05, 4.69) is 64.6 Å². The number of ketones is 2. The van der Waals surface area contributed by atoms with Gasteiger partial charge >= 0.3 is 28.8 Å². The maximum Gasteiger partial charge on any atom is 0.362 e. The Morgan fingerprint density at radius 1 is 0.533 bits per heavy atom. The highest BCUT2D eigenvalue weighted by atomic mass is 35.5. The zero-order valence-electron chi connectivity index (χ0n) is 51.7. The molecule has 0 fully saturated rings. The molecule has 0 bridgehead atoms. The fourth-order valence-electron chi connectivity index (χ4n) is 9.44. The van der Waals surface area contributed by atoms with E-state index < -0.39 is 40.9 Å². The van der Waals surface area contributed by atoms with Crippen molar-refractivity contribution < 1.29 is 74.4 Å². The van der Waals surface area contributed by atoms with Gasteiger partial charge in [-0.15, -0.1) is 23.5 Å². The molecule has 0 radical (unpaired) electrons. The van der Waals surface area contributed by atoms with Crippen LogP contribution in [0.15, 0.2) is 141 Å². The first kappa shape index (κ1) is 72.0. The summed E-state index contributed by atoms with van der Waals surface area (Å²) in [4.78, 5) is 116. The largest absolute Gasteiger partial charge is 0.477 e. The van der Waals surface area contributed by atoms with E-state index in [0.717, 1.165) is 83.5 Å². The second-order valence-corrected chi connectivity index (χ2v) is 22.8. The maximum atomic E-state index is 13.0. The molecule has 3 aromatic heterocycles. The molecule has 0 amide bonds. The zero-order chi connectivity index (χ0) is 66.4. The van der Waals surface area contributed by atoms with Crippen LogP contribution in [0.4, 0.5) is 28.4 Å². The van der Waals surface area contributed by atoms with Gasteiger partial charge in [-0.25, -0.2) is 29.0 Å². The molecule has 0 saturated heterocycles. The van der Waals surface area contributed by atoms with E-state index in [-0.39, 0.29) is 40.6 Å². The topological polar surface area (TPSA) is 340 Å². The van der Waals surface area contributed by atoms with E-state index in [4.69, 9.17) is 35.1 Å². The minimum atomic E-state index is -1.13. The summed E-state index contributed by atoms with van der Waals surface area (Å²) in [7, 11) is 0. The van der Waals surface area contributed by atoms with Gasteiger partial charge < -0.3 is 55.4 Å². The number of nitrogens with zero attached hydrogens (tertiary/aromatic N) is 3. The molecule has 0 saturated carbocycles. The number of fused-ring (bicyclic) bond motifs is 3. The number of halogens is 1. The molecule has 2 unspecified atom stereocenters. The fourth-order valence-corrected chi connectivity index (χ4v) is 11.5. The molecule has 476 valence electrons. The molecule has 0 aliphatic heterocycles. The normalized spacial score (nSPS) is 11.6. The van der Waals surface area contributed by atoms with Crippen molar-refractivity contribution in [3.63, 3.8) is 0 Å². The molecule has 90 heavy (non-hydrogen) atoms. The number of thioether (sulfide) groups is 2. The van der Waals surface area contributed by atoms with Crippen LogP contribution in [-0.2, 0) is 9.59 Å². The van der Waals surface area contributed by atoms with Crippen LogP contribution in [0.3, 0.4) is 0 Å². The summed E-state index contributed by atoms with van der Waals surface area (Å²) < 4.78 is 16.2. The van der Waals surface area contributed by atoms with Gasteiger partial charge in [0.05, 0.1) is 29.0 Å². The Morgan fingerprint density at radius 2 is 0.900 bits per heavy atom. The smallest absolute Gasteiger partial charge is 0.362 e. The Bertz CT molecular complexity index is 4080. The average Bonchev–Trinajstić information content (AvgIpc) is 1.00. The highest BCUT2D eigenvalue weighted by Crippen LogP contribution is 2.34. The van der Waals surface area contributed by atoms with Gasteiger partial charge in [0, 0.05) is 107 Å². The molecule has 5 aromatic carbocycles. The van der Waals surface area contributed by atoms with Crippen molar-refractivity contribution in [2.45, 2.75) is 90.1 Å². The number of carboxylic acids is 2. The summed E-state index contributed by atoms with van der Waals surface area (Å²) >= 11 is 9.08. The number of anilines is 3. The van der Waals surface area contributed by atoms with Crippen LogP contribution >= 0.6 is 35.1 Å². The summed E-state index contributed by atoms with van der Waals surface area (Å²) in [5, 5.41) is 20.1. The maximum absolute atomic E-state index is 13.0. The third-order valence-electron chi connectivity index (χ3n) is 14.3. The van der Waals surface area contributed by atoms with Crippen LogP contribution < -0.4 is 53.8 Å². The number of aldehydes is 2. The van der Waals surface area contributed by atoms with E-state index in [1.54, 1.807) is 78.6 Å². The number of quaternary nitrogens is 3. The van der Waals surface area contributed by atoms with Crippen molar-refractivity contribution >= 4 is 139 Å². The van der Waals surface area contributed by atoms with Crippen molar-refractivity contribution in [3.05, 3.63) is 167 Å². The van der Waals surface area contributed by atoms with Gasteiger partial charge in [-0.2, -0.15) is 0 Å². The van der Waals surface area contributed by atoms with Crippen LogP contribution in [-0.4, -0.2) is 115 Å². The lowest BCUT2D eigenvalue weighted by Gasteiger charge is -2.21. The van der Waals surface area contributed by atoms with Crippen LogP contribution in [0.1, 0.15) is 115 Å². The second-order valence-electron chi connectivity index (χ2n) is 19.9. The van der Waals surface area contributed by atoms with E-state index in [0.29, 0.717) is 67.7 Å². The van der Waals surface area contributed by atoms with Gasteiger partial charge in [-0.05, 0) is 108 Å². The predicted molar refractivity (Wildman–Crippen MR) is 354 cm³/mol. The van der Waals surface area contributed by atoms with E-state index in [9.17, 15) is 43.2 Å². The summed E-state index contributed by atoms with van der Waals surface area (Å²) in [6.45, 7) is 21.6. The number of carboxylic acid groups (broad SMARTS) is 2. The lowest BCUT2D eigenvalue weighted by molar-refractivity contribution is -0.406. The number of aliphatic carboxylic acids is 2. The van der Waals surface area contributed by atoms with Crippen molar-refractivity contribution in [1.82, 2.24) is 0 Å². The molecule has 24 heteroatoms. The van der Waals surface area contributed by atoms with Crippen molar-refractivity contribution in [2.75, 3.05) is 65.5 Å². The minimum Gasteiger partial charge on any atom is -0.477 e. The van der Waals surface area contributed by atoms with Crippen LogP contribution in [0.5, 0.6) is 0 Å². The van der Waals surface area contributed by atoms with Gasteiger partial charge in [-0.3, -0.25) is 19.2 Å². The number of para-hydroxylation sites is 1. The Morgan fingerprint density at radius 3 is 1.31 bits per heavy atom. The van der Waals surface area contributed by atoms with E-state index in [1.165, 1.54) is 11.8 Å². The fraction of sp³-hybridized carbons (Fsp3) is 0.303. The van der Waals surface area contributed by atoms with Crippen LogP contribution in [0.25, 0.3) is 32.9 Å². The summed E-state index contributed by atoms with van der Waals surface area (Å²) in [6, 6.07) is 28.8. The SMILES string of the molecule is CCN(CC)c1ccc2c(Cl)c(C=O)c(=O)oc2c1.CCSc1c(C=O)c(=O)oc2cc(N(CC)CC)ccc12.CCSc1c(C=[NH+]c2ccccc2C(=O)CC([NH3+])C(=O)O)c(=O)oc2cc(N(CC)CC)ccc12.[NH3+]c1ccccc1C(=O)CC([NH3+])C(=O)O. The molecule has 8 aromatic rings. The number of carbonyl (C=O) groups excluding carboxylic acids is 4. The Labute approximate surface area is 533 Å². The first-order chi connectivity index (χ1) is 43.1. The zero-order valence-corrected chi connectivity index (χ0v) is 54.1. The number of Topliss-reactive ketones (excluding diaryl/α,β-unsaturated/α-hetero) is 2. The standard InChI is InChI=1S/C26H29N3O5S.C16H19NO3S.C14H14ClNO3.C10H12N2O3/c1-4-29(5-2)16-11-12-18-23(13-16)34-26(33)19(24(18)35-6-3)15-28-21-10-8-7-9-17(21)22(30)14-20(27)25(31)32;1-4-17(5-2)11-7-8-12-14(9-11)20-16(19)13(10-18)15(12)21-6-3;1-3-16(4-2)9-5-6-10-12(7-9)19-14(18)11(8-17)13(10)15;11-7-4-2-1-3-6(7)9(13)5-8(12)10(14)15/h7-13,15,20H,4-6,14,27H2,1-3H3,(H,31,32);7-10H,4-6H2,1-3H3;5-8H,3-4H2,1-2H3;1-4,8H,5,11-12H2,(H,14,15)/p+4. The predicted octanol–water partition coefficient (Wildman–Crippen LogP) is 7.35.